The molecule has 0 saturated carbocycles. The van der Waals surface area contributed by atoms with Gasteiger partial charge in [-0.3, -0.25) is 0 Å². The van der Waals surface area contributed by atoms with Crippen LogP contribution in [0.15, 0.2) is 294 Å². The number of ether oxygens (including phenoxy) is 31. The zero-order valence-electron chi connectivity index (χ0n) is 82.6. The minimum Gasteiger partial charge on any atom is -0.499 e. The maximum absolute atomic E-state index is 12.2. The summed E-state index contributed by atoms with van der Waals surface area (Å²) < 4.78 is 174. The fourth-order valence-corrected chi connectivity index (χ4v) is 17.8. The van der Waals surface area contributed by atoms with Gasteiger partial charge in [-0.05, 0) is 0 Å². The number of esters is 5. The Hall–Kier alpha value is -12.9. The van der Waals surface area contributed by atoms with Crippen LogP contribution in [-0.2, 0) is 171 Å². The molecule has 0 aliphatic carbocycles. The van der Waals surface area contributed by atoms with E-state index in [9.17, 15) is 69.9 Å². The number of aliphatic hydroxyl groups excluding tert-OH is 9. The second-order valence-electron chi connectivity index (χ2n) is 32.8. The molecule has 8 rings (SSSR count). The predicted octanol–water partition coefficient (Wildman–Crippen LogP) is 4.96. The minimum absolute atomic E-state index is 0.00618. The van der Waals surface area contributed by atoms with Crippen molar-refractivity contribution < 1.29 is 217 Å². The third-order valence-electron chi connectivity index (χ3n) is 24.1. The molecule has 36 atom stereocenters. The van der Waals surface area contributed by atoms with Crippen molar-refractivity contribution >= 4 is 29.8 Å². The third kappa shape index (κ3) is 33.5. The van der Waals surface area contributed by atoms with Gasteiger partial charge in [-0.25, -0.2) is 24.0 Å². The summed E-state index contributed by atoms with van der Waals surface area (Å²) in [5.74, 6) is -4.70. The molecule has 36 unspecified atom stereocenters. The summed E-state index contributed by atoms with van der Waals surface area (Å²) in [5, 5.41) is 99.0. The highest BCUT2D eigenvalue weighted by atomic mass is 16.7. The minimum atomic E-state index is -2.03. The standard InChI is InChI=1S/C28H34O15.C27H38O10.C25H36O10.C23H34O10/c1-6-18(29)37-12-16-23(34)27(36)28(43-16,14-39-20(31)8-3)11-15-25(41-21(32)9-4)24(35)26(42-22(33)10-5)17(40-15)13-38-19(30)7-2;1-8-29-16-20-24(33-12-5)22(28)23(32-11-4)19(36-20)15-27(18-31-10-3)26(35-14-7)25(34-13-6)21(37-27)17-30-9-2;1-7-28-14-18-20(26)24(33-12-6)25(35-18,16-30-9-3)13-17-22(31-10-4)21(27)23(32-11-5)19(34-17)15-29-8-2;1-6-27-12-16-18(24)22(26)23(33-16,14-29-8-3)11-15-20(30-9-4)19(25)21(31-10-5)17(32-15)13-28-7-2/h6-10,15-17,23-27,34-36H,1-5,11-14H2;8-14,19-26,28H,1-7,15-18H2;7-12,17-24,26-27H,1-6,13-16H2;6-10,15-22,24-26H,1-5,11-14H2. The van der Waals surface area contributed by atoms with Gasteiger partial charge < -0.3 is 193 Å². The van der Waals surface area contributed by atoms with E-state index < -0.39 is 274 Å². The summed E-state index contributed by atoms with van der Waals surface area (Å²) in [6.45, 7) is 78.9. The molecular weight excluding hydrogens is 1960 g/mol. The molecule has 0 radical (unpaired) electrons. The van der Waals surface area contributed by atoms with Gasteiger partial charge in [0.15, 0.2) is 67.1 Å². The Balaban J connectivity index is 0.000000348. The van der Waals surface area contributed by atoms with Crippen molar-refractivity contribution in [3.63, 3.8) is 0 Å². The molecule has 45 heteroatoms. The summed E-state index contributed by atoms with van der Waals surface area (Å²) in [5.41, 5.74) is -5.94. The van der Waals surface area contributed by atoms with Gasteiger partial charge in [-0.2, -0.15) is 0 Å². The topological polar surface area (TPSA) is 554 Å². The van der Waals surface area contributed by atoms with Crippen LogP contribution in [-0.4, -0.2) is 373 Å². The van der Waals surface area contributed by atoms with Gasteiger partial charge in [0.2, 0.25) is 0 Å². The number of carbonyl (C=O) groups is 5. The van der Waals surface area contributed by atoms with Crippen molar-refractivity contribution in [3.05, 3.63) is 294 Å². The lowest BCUT2D eigenvalue weighted by Gasteiger charge is -2.46. The monoisotopic (exact) mass is 2100 g/mol. The summed E-state index contributed by atoms with van der Waals surface area (Å²) in [6, 6.07) is 0. The van der Waals surface area contributed by atoms with E-state index in [-0.39, 0.29) is 78.7 Å². The van der Waals surface area contributed by atoms with Crippen LogP contribution < -0.4 is 0 Å². The highest BCUT2D eigenvalue weighted by molar-refractivity contribution is 5.83. The zero-order chi connectivity index (χ0) is 110. The van der Waals surface area contributed by atoms with Gasteiger partial charge in [0, 0.05) is 56.1 Å². The van der Waals surface area contributed by atoms with Crippen molar-refractivity contribution in [2.24, 2.45) is 0 Å². The van der Waals surface area contributed by atoms with E-state index in [4.69, 9.17) is 147 Å². The molecule has 8 aliphatic rings. The Morgan fingerprint density at radius 1 is 0.209 bits per heavy atom. The molecule has 8 aliphatic heterocycles. The van der Waals surface area contributed by atoms with Gasteiger partial charge in [0.25, 0.3) is 0 Å². The largest absolute Gasteiger partial charge is 0.499 e. The average Bonchev–Trinajstić information content (AvgIpc) is 1.59. The lowest BCUT2D eigenvalue weighted by atomic mass is 9.83. The van der Waals surface area contributed by atoms with Crippen molar-refractivity contribution in [1.82, 2.24) is 0 Å². The normalized spacial score (nSPS) is 34.8. The fourth-order valence-electron chi connectivity index (χ4n) is 17.8. The lowest BCUT2D eigenvalue weighted by Crippen LogP contribution is -2.63. The van der Waals surface area contributed by atoms with Crippen LogP contribution in [0, 0.1) is 0 Å². The van der Waals surface area contributed by atoms with Crippen molar-refractivity contribution in [3.8, 4) is 0 Å². The summed E-state index contributed by atoms with van der Waals surface area (Å²) in [7, 11) is 0. The first-order valence-corrected chi connectivity index (χ1v) is 46.0. The summed E-state index contributed by atoms with van der Waals surface area (Å²) >= 11 is 0. The third-order valence-corrected chi connectivity index (χ3v) is 24.1. The Labute approximate surface area is 860 Å². The van der Waals surface area contributed by atoms with Crippen LogP contribution >= 0.6 is 0 Å². The molecule has 0 aromatic heterocycles. The second kappa shape index (κ2) is 64.4. The average molecular weight is 2100 g/mol. The van der Waals surface area contributed by atoms with Crippen LogP contribution in [0.2, 0.25) is 0 Å². The van der Waals surface area contributed by atoms with Gasteiger partial charge in [0.1, 0.15) is 230 Å². The SMILES string of the molecule is C=CC(=O)OCC1OC(COC(=O)C=C)(CC2OC(COC(=O)C=C)C(OC(=O)C=C)C(O)C2OC(=O)C=C)C(O)C1O.C=COCC1OC(CC2(COC=C)OC(COC=C)C(OC=C)C2OC=C)C(OC=C)C(O)C1OC=C.C=COCC1OC(COC=C)(CC2OC(COC=C)C(OC=C)C(O)C2OC=C)C(O)C1O.C=COCC1OC(COC=C)(CC2OC(COC=C)C(OC=C)C(O)C2OC=C)C(OC=C)C1O. The molecule has 0 amide bonds. The highest BCUT2D eigenvalue weighted by Gasteiger charge is 2.66. The molecule has 8 fully saturated rings. The first-order valence-electron chi connectivity index (χ1n) is 46.0. The molecule has 824 valence electrons. The van der Waals surface area contributed by atoms with E-state index >= 15 is 0 Å². The molecule has 9 N–H and O–H groups in total. The summed E-state index contributed by atoms with van der Waals surface area (Å²) in [6.07, 6.45) is -8.65. The second-order valence-corrected chi connectivity index (χ2v) is 32.8. The van der Waals surface area contributed by atoms with Gasteiger partial charge in [-0.15, -0.1) is 0 Å². The summed E-state index contributed by atoms with van der Waals surface area (Å²) in [4.78, 5) is 59.6. The fraction of sp³-hybridized carbons (Fsp3) is 0.505. The quantitative estimate of drug-likeness (QED) is 0.0168. The molecule has 0 aromatic rings. The number of aliphatic hydroxyl groups is 9. The van der Waals surface area contributed by atoms with Crippen LogP contribution in [0.5, 0.6) is 0 Å². The molecule has 0 spiro atoms. The van der Waals surface area contributed by atoms with Crippen molar-refractivity contribution in [2.45, 2.75) is 243 Å². The van der Waals surface area contributed by atoms with E-state index in [1.54, 1.807) is 0 Å². The van der Waals surface area contributed by atoms with Crippen LogP contribution in [0.4, 0.5) is 0 Å². The maximum atomic E-state index is 12.2. The molecule has 148 heavy (non-hydrogen) atoms. The Kier molecular flexibility index (Phi) is 54.6. The van der Waals surface area contributed by atoms with Crippen molar-refractivity contribution in [2.75, 3.05) is 79.3 Å². The van der Waals surface area contributed by atoms with Crippen LogP contribution in [0.1, 0.15) is 25.7 Å². The molecule has 45 nitrogen and oxygen atoms in total. The van der Waals surface area contributed by atoms with E-state index in [1.807, 2.05) is 0 Å². The van der Waals surface area contributed by atoms with Gasteiger partial charge in [0.05, 0.1) is 113 Å². The van der Waals surface area contributed by atoms with E-state index in [0.717, 1.165) is 30.4 Å². The lowest BCUT2D eigenvalue weighted by molar-refractivity contribution is -0.258. The molecule has 8 saturated heterocycles. The van der Waals surface area contributed by atoms with Crippen molar-refractivity contribution in [1.29, 1.82) is 0 Å². The first kappa shape index (κ1) is 126. The van der Waals surface area contributed by atoms with Gasteiger partial charge in [-0.1, -0.05) is 151 Å². The maximum Gasteiger partial charge on any atom is 0.330 e. The molecule has 0 aromatic carbocycles. The Morgan fingerprint density at radius 3 is 0.777 bits per heavy atom. The molecular formula is C103H142O45. The highest BCUT2D eigenvalue weighted by Crippen LogP contribution is 2.48. The number of carbonyl (C=O) groups excluding carboxylic acids is 5. The van der Waals surface area contributed by atoms with Crippen LogP contribution in [0.25, 0.3) is 0 Å². The smallest absolute Gasteiger partial charge is 0.330 e. The van der Waals surface area contributed by atoms with E-state index in [0.29, 0.717) is 0 Å². The zero-order valence-corrected chi connectivity index (χ0v) is 82.6. The number of hydrogen-bond acceptors (Lipinski definition) is 45. The van der Waals surface area contributed by atoms with E-state index in [2.05, 4.69) is 151 Å². The van der Waals surface area contributed by atoms with E-state index in [1.165, 1.54) is 113 Å². The molecule has 0 bridgehead atoms. The Bertz CT molecular complexity index is 4340. The number of rotatable bonds is 66. The molecule has 8 heterocycles. The van der Waals surface area contributed by atoms with Gasteiger partial charge >= 0.3 is 29.8 Å². The first-order chi connectivity index (χ1) is 71.1. The number of hydrogen-bond donors (Lipinski definition) is 9. The Morgan fingerprint density at radius 2 is 0.439 bits per heavy atom. The van der Waals surface area contributed by atoms with Crippen LogP contribution in [0.3, 0.4) is 0 Å². The predicted molar refractivity (Wildman–Crippen MR) is 522 cm³/mol.